The monoisotopic (exact) mass is 337 g/mol. The molecular weight excluding hydrogens is 322 g/mol. The predicted octanol–water partition coefficient (Wildman–Crippen LogP) is 3.17. The van der Waals surface area contributed by atoms with Crippen LogP contribution >= 0.6 is 11.8 Å². The van der Waals surface area contributed by atoms with Crippen LogP contribution < -0.4 is 10.9 Å². The number of amides is 1. The fraction of sp³-hybridized carbons (Fsp3) is 0.0556. The lowest BCUT2D eigenvalue weighted by Gasteiger charge is -2.06. The third kappa shape index (κ3) is 4.33. The van der Waals surface area contributed by atoms with E-state index in [1.807, 2.05) is 54.6 Å². The molecule has 0 aliphatic carbocycles. The number of aromatic nitrogens is 2. The van der Waals surface area contributed by atoms with Crippen LogP contribution in [0.25, 0.3) is 11.1 Å². The predicted molar refractivity (Wildman–Crippen MR) is 96.1 cm³/mol. The van der Waals surface area contributed by atoms with Crippen molar-refractivity contribution in [2.75, 3.05) is 11.1 Å². The van der Waals surface area contributed by atoms with Crippen LogP contribution in [-0.2, 0) is 4.79 Å². The zero-order valence-corrected chi connectivity index (χ0v) is 13.5. The van der Waals surface area contributed by atoms with E-state index in [2.05, 4.69) is 15.3 Å². The molecule has 3 rings (SSSR count). The lowest BCUT2D eigenvalue weighted by atomic mass is 10.1. The van der Waals surface area contributed by atoms with Crippen molar-refractivity contribution in [2.24, 2.45) is 0 Å². The standard InChI is InChI=1S/C18H15N3O2S/c22-16-10-11-19-18(21-16)24-12-17(23)20-15-8-6-14(7-9-15)13-4-2-1-3-5-13/h1-11H,12H2,(H,20,23)(H,19,21,22). The van der Waals surface area contributed by atoms with Gasteiger partial charge < -0.3 is 10.3 Å². The molecule has 0 saturated carbocycles. The van der Waals surface area contributed by atoms with Gasteiger partial charge >= 0.3 is 0 Å². The molecule has 0 fully saturated rings. The maximum Gasteiger partial charge on any atom is 0.251 e. The molecular formula is C18H15N3O2S. The summed E-state index contributed by atoms with van der Waals surface area (Å²) in [6.45, 7) is 0. The van der Waals surface area contributed by atoms with Crippen LogP contribution in [0.1, 0.15) is 0 Å². The summed E-state index contributed by atoms with van der Waals surface area (Å²) >= 11 is 1.18. The number of carbonyl (C=O) groups is 1. The first-order valence-electron chi connectivity index (χ1n) is 7.34. The highest BCUT2D eigenvalue weighted by Gasteiger charge is 2.05. The number of thioether (sulfide) groups is 1. The highest BCUT2D eigenvalue weighted by Crippen LogP contribution is 2.21. The molecule has 0 aliphatic heterocycles. The van der Waals surface area contributed by atoms with Gasteiger partial charge in [-0.25, -0.2) is 4.98 Å². The van der Waals surface area contributed by atoms with Gasteiger partial charge in [-0.3, -0.25) is 9.59 Å². The first-order valence-corrected chi connectivity index (χ1v) is 8.33. The van der Waals surface area contributed by atoms with Gasteiger partial charge in [-0.05, 0) is 23.3 Å². The highest BCUT2D eigenvalue weighted by molar-refractivity contribution is 7.99. The number of carbonyl (C=O) groups excluding carboxylic acids is 1. The van der Waals surface area contributed by atoms with Crippen molar-refractivity contribution in [2.45, 2.75) is 5.16 Å². The molecule has 2 aromatic carbocycles. The van der Waals surface area contributed by atoms with Crippen molar-refractivity contribution < 1.29 is 4.79 Å². The number of nitrogens with zero attached hydrogens (tertiary/aromatic N) is 1. The van der Waals surface area contributed by atoms with Crippen molar-refractivity contribution >= 4 is 23.4 Å². The largest absolute Gasteiger partial charge is 0.325 e. The summed E-state index contributed by atoms with van der Waals surface area (Å²) < 4.78 is 0. The summed E-state index contributed by atoms with van der Waals surface area (Å²) in [6.07, 6.45) is 1.42. The van der Waals surface area contributed by atoms with Crippen LogP contribution in [0, 0.1) is 0 Å². The Hall–Kier alpha value is -2.86. The maximum atomic E-state index is 12.0. The summed E-state index contributed by atoms with van der Waals surface area (Å²) in [7, 11) is 0. The number of anilines is 1. The molecule has 0 saturated heterocycles. The number of aromatic amines is 1. The molecule has 1 amide bonds. The molecule has 120 valence electrons. The van der Waals surface area contributed by atoms with E-state index < -0.39 is 0 Å². The van der Waals surface area contributed by atoms with E-state index in [9.17, 15) is 9.59 Å². The Bertz CT molecular complexity index is 877. The summed E-state index contributed by atoms with van der Waals surface area (Å²) in [5.74, 6) is 0.0203. The van der Waals surface area contributed by atoms with Gasteiger partial charge in [-0.15, -0.1) is 0 Å². The summed E-state index contributed by atoms with van der Waals surface area (Å²) in [6, 6.07) is 19.0. The lowest BCUT2D eigenvalue weighted by Crippen LogP contribution is -2.15. The summed E-state index contributed by atoms with van der Waals surface area (Å²) in [4.78, 5) is 29.7. The lowest BCUT2D eigenvalue weighted by molar-refractivity contribution is -0.113. The highest BCUT2D eigenvalue weighted by atomic mass is 32.2. The van der Waals surface area contributed by atoms with Gasteiger partial charge in [0.15, 0.2) is 5.16 Å². The smallest absolute Gasteiger partial charge is 0.251 e. The minimum Gasteiger partial charge on any atom is -0.325 e. The maximum absolute atomic E-state index is 12.0. The van der Waals surface area contributed by atoms with Gasteiger partial charge in [0.25, 0.3) is 5.56 Å². The Morgan fingerprint density at radius 3 is 2.42 bits per heavy atom. The summed E-state index contributed by atoms with van der Waals surface area (Å²) in [5, 5.41) is 3.25. The second-order valence-corrected chi connectivity index (χ2v) is 5.98. The van der Waals surface area contributed by atoms with Crippen molar-refractivity contribution in [3.63, 3.8) is 0 Å². The fourth-order valence-corrected chi connectivity index (χ4v) is 2.78. The summed E-state index contributed by atoms with van der Waals surface area (Å²) in [5.41, 5.74) is 2.72. The van der Waals surface area contributed by atoms with Crippen LogP contribution in [0.2, 0.25) is 0 Å². The zero-order chi connectivity index (χ0) is 16.8. The van der Waals surface area contributed by atoms with Crippen molar-refractivity contribution in [1.82, 2.24) is 9.97 Å². The molecule has 5 nitrogen and oxygen atoms in total. The van der Waals surface area contributed by atoms with E-state index in [0.29, 0.717) is 5.16 Å². The first kappa shape index (κ1) is 16.0. The van der Waals surface area contributed by atoms with Crippen molar-refractivity contribution in [3.05, 3.63) is 77.2 Å². The Balaban J connectivity index is 1.57. The minimum absolute atomic E-state index is 0.154. The molecule has 3 aromatic rings. The van der Waals surface area contributed by atoms with Gasteiger partial charge in [0.05, 0.1) is 5.75 Å². The van der Waals surface area contributed by atoms with Crippen molar-refractivity contribution in [3.8, 4) is 11.1 Å². The molecule has 0 radical (unpaired) electrons. The van der Waals surface area contributed by atoms with Gasteiger partial charge in [0.1, 0.15) is 0 Å². The van der Waals surface area contributed by atoms with Gasteiger partial charge in [0.2, 0.25) is 5.91 Å². The topological polar surface area (TPSA) is 74.8 Å². The Kier molecular flexibility index (Phi) is 5.08. The molecule has 0 bridgehead atoms. The Morgan fingerprint density at radius 1 is 1.00 bits per heavy atom. The fourth-order valence-electron chi connectivity index (χ4n) is 2.13. The number of nitrogens with one attached hydrogen (secondary N) is 2. The second kappa shape index (κ2) is 7.61. The molecule has 1 heterocycles. The van der Waals surface area contributed by atoms with E-state index in [1.165, 1.54) is 24.0 Å². The van der Waals surface area contributed by atoms with E-state index in [4.69, 9.17) is 0 Å². The molecule has 0 unspecified atom stereocenters. The number of benzene rings is 2. The number of H-pyrrole nitrogens is 1. The van der Waals surface area contributed by atoms with Gasteiger partial charge in [-0.2, -0.15) is 0 Å². The SMILES string of the molecule is O=C(CSc1nccc(=O)[nH]1)Nc1ccc(-c2ccccc2)cc1. The van der Waals surface area contributed by atoms with Crippen LogP contribution in [0.3, 0.4) is 0 Å². The van der Waals surface area contributed by atoms with Gasteiger partial charge in [0, 0.05) is 18.0 Å². The quantitative estimate of drug-likeness (QED) is 0.554. The zero-order valence-electron chi connectivity index (χ0n) is 12.7. The normalized spacial score (nSPS) is 10.3. The molecule has 0 spiro atoms. The van der Waals surface area contributed by atoms with Crippen LogP contribution in [0.15, 0.2) is 76.8 Å². The van der Waals surface area contributed by atoms with Gasteiger partial charge in [-0.1, -0.05) is 54.2 Å². The second-order valence-electron chi connectivity index (χ2n) is 5.02. The first-order chi connectivity index (χ1) is 11.7. The van der Waals surface area contributed by atoms with E-state index in [0.717, 1.165) is 16.8 Å². The molecule has 24 heavy (non-hydrogen) atoms. The van der Waals surface area contributed by atoms with Crippen molar-refractivity contribution in [1.29, 1.82) is 0 Å². The van der Waals surface area contributed by atoms with E-state index in [-0.39, 0.29) is 17.2 Å². The Morgan fingerprint density at radius 2 is 1.71 bits per heavy atom. The average molecular weight is 337 g/mol. The van der Waals surface area contributed by atoms with Crippen LogP contribution in [-0.4, -0.2) is 21.6 Å². The molecule has 0 aliphatic rings. The third-order valence-corrected chi connectivity index (χ3v) is 4.15. The molecule has 6 heteroatoms. The third-order valence-electron chi connectivity index (χ3n) is 3.26. The number of hydrogen-bond acceptors (Lipinski definition) is 4. The van der Waals surface area contributed by atoms with Crippen LogP contribution in [0.4, 0.5) is 5.69 Å². The Labute approximate surface area is 143 Å². The van der Waals surface area contributed by atoms with E-state index >= 15 is 0 Å². The number of rotatable bonds is 5. The molecule has 1 aromatic heterocycles. The van der Waals surface area contributed by atoms with Crippen LogP contribution in [0.5, 0.6) is 0 Å². The minimum atomic E-state index is -0.232. The van der Waals surface area contributed by atoms with E-state index in [1.54, 1.807) is 0 Å². The average Bonchev–Trinajstić information content (AvgIpc) is 2.61. The number of hydrogen-bond donors (Lipinski definition) is 2. The molecule has 0 atom stereocenters. The molecule has 2 N–H and O–H groups in total.